The molecule has 1 unspecified atom stereocenters. The van der Waals surface area contributed by atoms with Gasteiger partial charge in [0.1, 0.15) is 6.10 Å². The molecule has 2 aromatic carbocycles. The molecule has 4 rings (SSSR count). The van der Waals surface area contributed by atoms with Crippen LogP contribution in [-0.2, 0) is 29.0 Å². The van der Waals surface area contributed by atoms with Gasteiger partial charge in [0.25, 0.3) is 5.91 Å². The number of ether oxygens (including phenoxy) is 2. The molecule has 6 heteroatoms. The van der Waals surface area contributed by atoms with Crippen LogP contribution in [-0.4, -0.2) is 35.9 Å². The van der Waals surface area contributed by atoms with E-state index >= 15 is 0 Å². The Kier molecular flexibility index (Phi) is 6.03. The molecule has 0 aliphatic carbocycles. The fraction of sp³-hybridized carbons (Fsp3) is 0.304. The Morgan fingerprint density at radius 2 is 1.97 bits per heavy atom. The second-order valence-electron chi connectivity index (χ2n) is 7.17. The Balaban J connectivity index is 1.39. The molecule has 0 bridgehead atoms. The number of hydrogen-bond donors (Lipinski definition) is 1. The van der Waals surface area contributed by atoms with Gasteiger partial charge in [0.2, 0.25) is 0 Å². The van der Waals surface area contributed by atoms with Gasteiger partial charge in [-0.3, -0.25) is 9.48 Å². The SMILES string of the molecule is COCc1ccc(C(=O)NCC2OCCc3cn(Cc4ccccc4)nc32)cc1. The van der Waals surface area contributed by atoms with Crippen LogP contribution in [0.1, 0.15) is 38.8 Å². The van der Waals surface area contributed by atoms with Gasteiger partial charge in [-0.1, -0.05) is 42.5 Å². The van der Waals surface area contributed by atoms with Crippen molar-refractivity contribution in [3.05, 3.63) is 88.7 Å². The fourth-order valence-electron chi connectivity index (χ4n) is 3.54. The largest absolute Gasteiger partial charge is 0.380 e. The summed E-state index contributed by atoms with van der Waals surface area (Å²) in [6, 6.07) is 17.7. The number of carbonyl (C=O) groups is 1. The van der Waals surface area contributed by atoms with Gasteiger partial charge < -0.3 is 14.8 Å². The van der Waals surface area contributed by atoms with Crippen LogP contribution in [0, 0.1) is 0 Å². The molecule has 1 N–H and O–H groups in total. The van der Waals surface area contributed by atoms with E-state index in [0.717, 1.165) is 24.2 Å². The molecule has 1 atom stereocenters. The van der Waals surface area contributed by atoms with Gasteiger partial charge in [-0.2, -0.15) is 5.10 Å². The molecule has 1 amide bonds. The van der Waals surface area contributed by atoms with Crippen molar-refractivity contribution in [1.29, 1.82) is 0 Å². The summed E-state index contributed by atoms with van der Waals surface area (Å²) in [7, 11) is 1.65. The highest BCUT2D eigenvalue weighted by molar-refractivity contribution is 5.94. The molecule has 1 aliphatic rings. The number of hydrogen-bond acceptors (Lipinski definition) is 4. The number of nitrogens with zero attached hydrogens (tertiary/aromatic N) is 2. The molecule has 3 aromatic rings. The highest BCUT2D eigenvalue weighted by Crippen LogP contribution is 2.25. The van der Waals surface area contributed by atoms with E-state index in [-0.39, 0.29) is 12.0 Å². The third-order valence-electron chi connectivity index (χ3n) is 5.03. The maximum absolute atomic E-state index is 12.5. The molecule has 2 heterocycles. The topological polar surface area (TPSA) is 65.4 Å². The predicted molar refractivity (Wildman–Crippen MR) is 110 cm³/mol. The Morgan fingerprint density at radius 3 is 2.72 bits per heavy atom. The molecule has 1 aromatic heterocycles. The number of carbonyl (C=O) groups excluding carboxylic acids is 1. The maximum atomic E-state index is 12.5. The fourth-order valence-corrected chi connectivity index (χ4v) is 3.54. The molecular weight excluding hydrogens is 366 g/mol. The lowest BCUT2D eigenvalue weighted by atomic mass is 10.1. The molecule has 6 nitrogen and oxygen atoms in total. The van der Waals surface area contributed by atoms with E-state index in [9.17, 15) is 4.79 Å². The standard InChI is InChI=1S/C23H25N3O3/c1-28-16-18-7-9-19(10-8-18)23(27)24-13-21-22-20(11-12-29-21)15-26(25-22)14-17-5-3-2-4-6-17/h2-10,15,21H,11-14,16H2,1H3,(H,24,27). The summed E-state index contributed by atoms with van der Waals surface area (Å²) < 4.78 is 13.0. The number of benzene rings is 2. The first-order valence-corrected chi connectivity index (χ1v) is 9.81. The second kappa shape index (κ2) is 9.03. The minimum atomic E-state index is -0.229. The Labute approximate surface area is 170 Å². The van der Waals surface area contributed by atoms with Crippen LogP contribution in [0.3, 0.4) is 0 Å². The predicted octanol–water partition coefficient (Wildman–Crippen LogP) is 3.12. The third-order valence-corrected chi connectivity index (χ3v) is 5.03. The van der Waals surface area contributed by atoms with Crippen LogP contribution in [0.15, 0.2) is 60.8 Å². The Morgan fingerprint density at radius 1 is 1.17 bits per heavy atom. The number of nitrogens with one attached hydrogen (secondary N) is 1. The molecule has 0 saturated carbocycles. The van der Waals surface area contributed by atoms with E-state index in [1.807, 2.05) is 47.1 Å². The number of fused-ring (bicyclic) bond motifs is 1. The summed E-state index contributed by atoms with van der Waals surface area (Å²) in [5.41, 5.74) is 4.97. The van der Waals surface area contributed by atoms with E-state index in [0.29, 0.717) is 25.3 Å². The summed E-state index contributed by atoms with van der Waals surface area (Å²) in [5.74, 6) is -0.117. The number of rotatable bonds is 7. The minimum absolute atomic E-state index is 0.117. The Hall–Kier alpha value is -2.96. The normalized spacial score (nSPS) is 15.7. The van der Waals surface area contributed by atoms with Crippen molar-refractivity contribution in [2.24, 2.45) is 0 Å². The molecule has 0 saturated heterocycles. The summed E-state index contributed by atoms with van der Waals surface area (Å²) in [4.78, 5) is 12.5. The van der Waals surface area contributed by atoms with Crippen molar-refractivity contribution in [1.82, 2.24) is 15.1 Å². The minimum Gasteiger partial charge on any atom is -0.380 e. The van der Waals surface area contributed by atoms with Gasteiger partial charge in [-0.05, 0) is 35.2 Å². The van der Waals surface area contributed by atoms with Gasteiger partial charge >= 0.3 is 0 Å². The van der Waals surface area contributed by atoms with Crippen LogP contribution in [0.2, 0.25) is 0 Å². The van der Waals surface area contributed by atoms with Crippen molar-refractivity contribution in [2.75, 3.05) is 20.3 Å². The van der Waals surface area contributed by atoms with Crippen LogP contribution in [0.5, 0.6) is 0 Å². The quantitative estimate of drug-likeness (QED) is 0.672. The van der Waals surface area contributed by atoms with Crippen LogP contribution in [0.25, 0.3) is 0 Å². The zero-order valence-corrected chi connectivity index (χ0v) is 16.5. The van der Waals surface area contributed by atoms with Crippen molar-refractivity contribution in [3.63, 3.8) is 0 Å². The van der Waals surface area contributed by atoms with Gasteiger partial charge in [0, 0.05) is 25.4 Å². The zero-order valence-electron chi connectivity index (χ0n) is 16.5. The summed E-state index contributed by atoms with van der Waals surface area (Å²) in [5, 5.41) is 7.71. The van der Waals surface area contributed by atoms with E-state index in [2.05, 4.69) is 23.6 Å². The molecular formula is C23H25N3O3. The molecule has 0 fully saturated rings. The van der Waals surface area contributed by atoms with Gasteiger partial charge in [0.15, 0.2) is 0 Å². The van der Waals surface area contributed by atoms with E-state index in [1.54, 1.807) is 7.11 Å². The monoisotopic (exact) mass is 391 g/mol. The van der Waals surface area contributed by atoms with Crippen molar-refractivity contribution in [2.45, 2.75) is 25.7 Å². The molecule has 150 valence electrons. The second-order valence-corrected chi connectivity index (χ2v) is 7.17. The average Bonchev–Trinajstić information content (AvgIpc) is 3.16. The number of amides is 1. The van der Waals surface area contributed by atoms with Gasteiger partial charge in [0.05, 0.1) is 25.5 Å². The first-order chi connectivity index (χ1) is 14.2. The zero-order chi connectivity index (χ0) is 20.1. The summed E-state index contributed by atoms with van der Waals surface area (Å²) in [6.07, 6.45) is 2.71. The lowest BCUT2D eigenvalue weighted by molar-refractivity contribution is 0.0383. The highest BCUT2D eigenvalue weighted by Gasteiger charge is 2.25. The molecule has 0 radical (unpaired) electrons. The van der Waals surface area contributed by atoms with E-state index < -0.39 is 0 Å². The summed E-state index contributed by atoms with van der Waals surface area (Å²) >= 11 is 0. The molecule has 0 spiro atoms. The van der Waals surface area contributed by atoms with Crippen LogP contribution in [0.4, 0.5) is 0 Å². The van der Waals surface area contributed by atoms with Crippen molar-refractivity contribution < 1.29 is 14.3 Å². The third kappa shape index (κ3) is 4.72. The highest BCUT2D eigenvalue weighted by atomic mass is 16.5. The molecule has 1 aliphatic heterocycles. The van der Waals surface area contributed by atoms with E-state index in [1.165, 1.54) is 11.1 Å². The van der Waals surface area contributed by atoms with Crippen molar-refractivity contribution >= 4 is 5.91 Å². The lowest BCUT2D eigenvalue weighted by Crippen LogP contribution is -2.31. The average molecular weight is 391 g/mol. The Bertz CT molecular complexity index is 951. The first kappa shape index (κ1) is 19.4. The maximum Gasteiger partial charge on any atom is 0.251 e. The smallest absolute Gasteiger partial charge is 0.251 e. The van der Waals surface area contributed by atoms with E-state index in [4.69, 9.17) is 14.6 Å². The first-order valence-electron chi connectivity index (χ1n) is 9.81. The van der Waals surface area contributed by atoms with Crippen LogP contribution < -0.4 is 5.32 Å². The van der Waals surface area contributed by atoms with Gasteiger partial charge in [-0.25, -0.2) is 0 Å². The number of methoxy groups -OCH3 is 1. The van der Waals surface area contributed by atoms with Crippen LogP contribution >= 0.6 is 0 Å². The van der Waals surface area contributed by atoms with Gasteiger partial charge in [-0.15, -0.1) is 0 Å². The molecule has 29 heavy (non-hydrogen) atoms. The number of aromatic nitrogens is 2. The van der Waals surface area contributed by atoms with Crippen molar-refractivity contribution in [3.8, 4) is 0 Å². The summed E-state index contributed by atoms with van der Waals surface area (Å²) in [6.45, 7) is 2.29. The lowest BCUT2D eigenvalue weighted by Gasteiger charge is -2.22.